The van der Waals surface area contributed by atoms with Crippen molar-refractivity contribution >= 4 is 17.5 Å². The molecule has 7 heteroatoms. The van der Waals surface area contributed by atoms with Gasteiger partial charge in [-0.2, -0.15) is 10.1 Å². The van der Waals surface area contributed by atoms with E-state index in [1.165, 1.54) is 0 Å². The van der Waals surface area contributed by atoms with Crippen LogP contribution in [0.25, 0.3) is 34.0 Å². The molecule has 5 rings (SSSR count). The van der Waals surface area contributed by atoms with Crippen molar-refractivity contribution in [2.75, 3.05) is 11.1 Å². The van der Waals surface area contributed by atoms with E-state index >= 15 is 0 Å². The molecule has 0 bridgehead atoms. The van der Waals surface area contributed by atoms with Gasteiger partial charge in [0.2, 0.25) is 5.95 Å². The molecule has 146 valence electrons. The van der Waals surface area contributed by atoms with Gasteiger partial charge in [0, 0.05) is 11.3 Å². The molecule has 0 saturated heterocycles. The first kappa shape index (κ1) is 17.7. The van der Waals surface area contributed by atoms with Gasteiger partial charge in [0.15, 0.2) is 5.76 Å². The number of furan rings is 1. The molecule has 0 aliphatic carbocycles. The van der Waals surface area contributed by atoms with E-state index in [-0.39, 0.29) is 0 Å². The highest BCUT2D eigenvalue weighted by Crippen LogP contribution is 2.36. The largest absolute Gasteiger partial charge is 0.463 e. The fourth-order valence-corrected chi connectivity index (χ4v) is 3.25. The summed E-state index contributed by atoms with van der Waals surface area (Å²) in [5.74, 6) is 1.44. The fraction of sp³-hybridized carbons (Fsp3) is 0. The van der Waals surface area contributed by atoms with Gasteiger partial charge in [0.05, 0.1) is 23.2 Å². The van der Waals surface area contributed by atoms with Crippen LogP contribution in [0.2, 0.25) is 0 Å². The van der Waals surface area contributed by atoms with Crippen molar-refractivity contribution in [3.63, 3.8) is 0 Å². The van der Waals surface area contributed by atoms with Crippen molar-refractivity contribution in [3.8, 4) is 34.0 Å². The van der Waals surface area contributed by atoms with E-state index < -0.39 is 0 Å². The van der Waals surface area contributed by atoms with Crippen LogP contribution in [-0.4, -0.2) is 20.2 Å². The number of hydrogen-bond acceptors (Lipinski definition) is 6. The summed E-state index contributed by atoms with van der Waals surface area (Å²) in [4.78, 5) is 9.25. The number of nitrogen functional groups attached to an aromatic ring is 1. The number of nitrogens with two attached hydrogens (primary N) is 1. The van der Waals surface area contributed by atoms with Crippen molar-refractivity contribution in [1.82, 2.24) is 20.2 Å². The van der Waals surface area contributed by atoms with Crippen molar-refractivity contribution < 1.29 is 4.42 Å². The van der Waals surface area contributed by atoms with Crippen LogP contribution in [0, 0.1) is 0 Å². The standard InChI is InChI=1S/C23H18N6O/c24-22-20(18-14-17(28-29-18)19-12-7-13-30-19)21(15-8-3-1-4-9-15)26-23(27-22)25-16-10-5-2-6-11-16/h1-14H,(H,28,29)(H3,24,25,26,27). The molecule has 7 nitrogen and oxygen atoms in total. The molecule has 30 heavy (non-hydrogen) atoms. The molecule has 0 saturated carbocycles. The van der Waals surface area contributed by atoms with E-state index in [0.29, 0.717) is 34.5 Å². The molecule has 0 amide bonds. The number of hydrogen-bond donors (Lipinski definition) is 3. The minimum absolute atomic E-state index is 0.333. The lowest BCUT2D eigenvalue weighted by Gasteiger charge is -2.13. The second kappa shape index (κ2) is 7.56. The molecule has 0 spiro atoms. The number of H-pyrrole nitrogens is 1. The highest BCUT2D eigenvalue weighted by atomic mass is 16.3. The molecule has 3 aromatic heterocycles. The predicted molar refractivity (Wildman–Crippen MR) is 117 cm³/mol. The molecule has 5 aromatic rings. The Hall–Kier alpha value is -4.39. The maximum absolute atomic E-state index is 6.40. The molecule has 3 heterocycles. The van der Waals surface area contributed by atoms with Crippen LogP contribution in [0.3, 0.4) is 0 Å². The summed E-state index contributed by atoms with van der Waals surface area (Å²) in [7, 11) is 0. The summed E-state index contributed by atoms with van der Waals surface area (Å²) in [6.45, 7) is 0. The van der Waals surface area contributed by atoms with Crippen LogP contribution in [0.4, 0.5) is 17.5 Å². The Bertz CT molecular complexity index is 1260. The van der Waals surface area contributed by atoms with E-state index in [4.69, 9.17) is 15.1 Å². The van der Waals surface area contributed by atoms with Gasteiger partial charge in [-0.3, -0.25) is 5.10 Å². The number of para-hydroxylation sites is 1. The van der Waals surface area contributed by atoms with Gasteiger partial charge in [0.25, 0.3) is 0 Å². The Morgan fingerprint density at radius 3 is 2.37 bits per heavy atom. The van der Waals surface area contributed by atoms with Gasteiger partial charge in [0.1, 0.15) is 11.5 Å². The lowest BCUT2D eigenvalue weighted by molar-refractivity contribution is 0.580. The lowest BCUT2D eigenvalue weighted by atomic mass is 10.0. The van der Waals surface area contributed by atoms with Crippen molar-refractivity contribution in [3.05, 3.63) is 85.1 Å². The SMILES string of the molecule is Nc1nc(Nc2ccccc2)nc(-c2ccccc2)c1-c1cc(-c2ccco2)[nH]n1. The molecular formula is C23H18N6O. The Morgan fingerprint density at radius 1 is 0.867 bits per heavy atom. The third kappa shape index (κ3) is 3.40. The van der Waals surface area contributed by atoms with Gasteiger partial charge < -0.3 is 15.5 Å². The maximum Gasteiger partial charge on any atom is 0.229 e. The Labute approximate surface area is 172 Å². The zero-order valence-electron chi connectivity index (χ0n) is 15.9. The second-order valence-electron chi connectivity index (χ2n) is 6.66. The van der Waals surface area contributed by atoms with Gasteiger partial charge in [-0.25, -0.2) is 4.98 Å². The maximum atomic E-state index is 6.40. The molecule has 2 aromatic carbocycles. The molecule has 0 fully saturated rings. The summed E-state index contributed by atoms with van der Waals surface area (Å²) in [5.41, 5.74) is 10.9. The Morgan fingerprint density at radius 2 is 1.63 bits per heavy atom. The number of rotatable bonds is 5. The quantitative estimate of drug-likeness (QED) is 0.382. The first-order chi connectivity index (χ1) is 14.8. The molecule has 0 aliphatic heterocycles. The molecule has 0 atom stereocenters. The van der Waals surface area contributed by atoms with Gasteiger partial charge in [-0.15, -0.1) is 0 Å². The van der Waals surface area contributed by atoms with E-state index in [9.17, 15) is 0 Å². The van der Waals surface area contributed by atoms with Crippen molar-refractivity contribution in [2.45, 2.75) is 0 Å². The predicted octanol–water partition coefficient (Wildman–Crippen LogP) is 5.12. The number of aromatic amines is 1. The van der Waals surface area contributed by atoms with Crippen LogP contribution in [-0.2, 0) is 0 Å². The summed E-state index contributed by atoms with van der Waals surface area (Å²) >= 11 is 0. The fourth-order valence-electron chi connectivity index (χ4n) is 3.25. The van der Waals surface area contributed by atoms with E-state index in [2.05, 4.69) is 20.5 Å². The molecule has 4 N–H and O–H groups in total. The third-order valence-electron chi connectivity index (χ3n) is 4.63. The summed E-state index contributed by atoms with van der Waals surface area (Å²) in [6.07, 6.45) is 1.62. The Balaban J connectivity index is 1.63. The van der Waals surface area contributed by atoms with Crippen LogP contribution in [0.15, 0.2) is 89.5 Å². The summed E-state index contributed by atoms with van der Waals surface area (Å²) < 4.78 is 5.46. The third-order valence-corrected chi connectivity index (χ3v) is 4.63. The number of benzene rings is 2. The highest BCUT2D eigenvalue weighted by Gasteiger charge is 2.19. The number of anilines is 3. The first-order valence-corrected chi connectivity index (χ1v) is 9.42. The monoisotopic (exact) mass is 394 g/mol. The summed E-state index contributed by atoms with van der Waals surface area (Å²) in [6, 6.07) is 25.1. The van der Waals surface area contributed by atoms with Crippen LogP contribution in [0.5, 0.6) is 0 Å². The molecule has 0 unspecified atom stereocenters. The van der Waals surface area contributed by atoms with Crippen LogP contribution in [0.1, 0.15) is 0 Å². The normalized spacial score (nSPS) is 10.8. The van der Waals surface area contributed by atoms with Crippen LogP contribution < -0.4 is 11.1 Å². The number of aromatic nitrogens is 4. The second-order valence-corrected chi connectivity index (χ2v) is 6.66. The average molecular weight is 394 g/mol. The van der Waals surface area contributed by atoms with E-state index in [1.54, 1.807) is 6.26 Å². The van der Waals surface area contributed by atoms with Gasteiger partial charge in [-0.05, 0) is 30.3 Å². The Kier molecular flexibility index (Phi) is 4.46. The van der Waals surface area contributed by atoms with E-state index in [0.717, 1.165) is 16.9 Å². The van der Waals surface area contributed by atoms with Crippen LogP contribution >= 0.6 is 0 Å². The minimum atomic E-state index is 0.333. The zero-order valence-corrected chi connectivity index (χ0v) is 15.9. The highest BCUT2D eigenvalue weighted by molar-refractivity contribution is 5.87. The van der Waals surface area contributed by atoms with Gasteiger partial charge >= 0.3 is 0 Å². The molecule has 0 radical (unpaired) electrons. The zero-order chi connectivity index (χ0) is 20.3. The van der Waals surface area contributed by atoms with E-state index in [1.807, 2.05) is 78.9 Å². The molecule has 0 aliphatic rings. The van der Waals surface area contributed by atoms with Gasteiger partial charge in [-0.1, -0.05) is 48.5 Å². The number of nitrogens with zero attached hydrogens (tertiary/aromatic N) is 3. The summed E-state index contributed by atoms with van der Waals surface area (Å²) in [5, 5.41) is 10.6. The topological polar surface area (TPSA) is 106 Å². The first-order valence-electron chi connectivity index (χ1n) is 9.42. The number of nitrogens with one attached hydrogen (secondary N) is 2. The smallest absolute Gasteiger partial charge is 0.229 e. The average Bonchev–Trinajstić information content (AvgIpc) is 3.47. The molecular weight excluding hydrogens is 376 g/mol. The van der Waals surface area contributed by atoms with Crippen molar-refractivity contribution in [1.29, 1.82) is 0 Å². The van der Waals surface area contributed by atoms with Crippen molar-refractivity contribution in [2.24, 2.45) is 0 Å². The minimum Gasteiger partial charge on any atom is -0.463 e. The lowest BCUT2D eigenvalue weighted by Crippen LogP contribution is -2.05.